The lowest BCUT2D eigenvalue weighted by Crippen LogP contribution is -2.54. The van der Waals surface area contributed by atoms with Crippen LogP contribution in [-0.2, 0) is 6.42 Å². The molecule has 0 radical (unpaired) electrons. The first-order chi connectivity index (χ1) is 8.79. The van der Waals surface area contributed by atoms with E-state index in [-0.39, 0.29) is 0 Å². The molecule has 0 bridgehead atoms. The molecule has 2 aliphatic rings. The van der Waals surface area contributed by atoms with Crippen molar-refractivity contribution in [1.29, 1.82) is 0 Å². The van der Waals surface area contributed by atoms with E-state index in [1.807, 2.05) is 12.1 Å². The normalized spacial score (nSPS) is 27.6. The number of nitrogens with zero attached hydrogens (tertiary/aromatic N) is 1. The lowest BCUT2D eigenvalue weighted by atomic mass is 9.82. The molecule has 18 heavy (non-hydrogen) atoms. The molecule has 0 unspecified atom stereocenters. The highest BCUT2D eigenvalue weighted by Crippen LogP contribution is 2.36. The highest BCUT2D eigenvalue weighted by Gasteiger charge is 2.35. The van der Waals surface area contributed by atoms with Gasteiger partial charge >= 0.3 is 0 Å². The highest BCUT2D eigenvalue weighted by molar-refractivity contribution is 5.39. The van der Waals surface area contributed by atoms with Gasteiger partial charge in [-0.3, -0.25) is 4.90 Å². The topological polar surface area (TPSA) is 35.5 Å². The van der Waals surface area contributed by atoms with Gasteiger partial charge in [0.05, 0.1) is 0 Å². The summed E-state index contributed by atoms with van der Waals surface area (Å²) in [5, 5.41) is 13.3. The summed E-state index contributed by atoms with van der Waals surface area (Å²) in [6, 6.07) is 6.95. The van der Waals surface area contributed by atoms with Crippen LogP contribution in [0.25, 0.3) is 0 Å². The highest BCUT2D eigenvalue weighted by atomic mass is 16.3. The molecule has 1 aromatic carbocycles. The Kier molecular flexibility index (Phi) is 3.27. The summed E-state index contributed by atoms with van der Waals surface area (Å²) in [5.41, 5.74) is 2.71. The Morgan fingerprint density at radius 1 is 1.44 bits per heavy atom. The van der Waals surface area contributed by atoms with E-state index in [1.165, 1.54) is 37.1 Å². The standard InChI is InChI=1S/C15H22N2O/c1-2-8-17-9-7-16-15-13-5-4-12(18)10-11(13)3-6-14(15)17/h4-5,10,14-16,18H,2-3,6-9H2,1H3/t14-,15-/m1/s1. The number of piperazine rings is 1. The van der Waals surface area contributed by atoms with E-state index in [9.17, 15) is 5.11 Å². The zero-order chi connectivity index (χ0) is 12.5. The van der Waals surface area contributed by atoms with E-state index < -0.39 is 0 Å². The average Bonchev–Trinajstić information content (AvgIpc) is 2.38. The van der Waals surface area contributed by atoms with Crippen molar-refractivity contribution < 1.29 is 5.11 Å². The maximum absolute atomic E-state index is 9.59. The third kappa shape index (κ3) is 2.02. The van der Waals surface area contributed by atoms with E-state index in [0.29, 0.717) is 17.8 Å². The fraction of sp³-hybridized carbons (Fsp3) is 0.600. The van der Waals surface area contributed by atoms with Crippen molar-refractivity contribution in [3.8, 4) is 5.75 Å². The van der Waals surface area contributed by atoms with Crippen molar-refractivity contribution in [3.63, 3.8) is 0 Å². The number of aromatic hydroxyl groups is 1. The molecule has 1 heterocycles. The van der Waals surface area contributed by atoms with Crippen LogP contribution in [0.2, 0.25) is 0 Å². The summed E-state index contributed by atoms with van der Waals surface area (Å²) in [6.45, 7) is 5.70. The Labute approximate surface area is 109 Å². The van der Waals surface area contributed by atoms with Crippen molar-refractivity contribution in [2.45, 2.75) is 38.3 Å². The summed E-state index contributed by atoms with van der Waals surface area (Å²) < 4.78 is 0. The van der Waals surface area contributed by atoms with Gasteiger partial charge in [0.1, 0.15) is 5.75 Å². The molecular formula is C15H22N2O. The number of phenols is 1. The lowest BCUT2D eigenvalue weighted by molar-refractivity contribution is 0.105. The molecule has 1 aliphatic heterocycles. The Hall–Kier alpha value is -1.06. The molecule has 0 aromatic heterocycles. The molecule has 1 aliphatic carbocycles. The maximum Gasteiger partial charge on any atom is 0.115 e. The molecule has 3 heteroatoms. The fourth-order valence-electron chi connectivity index (χ4n) is 3.52. The number of fused-ring (bicyclic) bond motifs is 3. The summed E-state index contributed by atoms with van der Waals surface area (Å²) in [6.07, 6.45) is 3.52. The molecule has 2 N–H and O–H groups in total. The third-order valence-electron chi connectivity index (χ3n) is 4.30. The second-order valence-corrected chi connectivity index (χ2v) is 5.46. The molecule has 1 fully saturated rings. The molecule has 3 rings (SSSR count). The SMILES string of the molecule is CCCN1CCN[C@@H]2c3ccc(O)cc3CC[C@H]21. The van der Waals surface area contributed by atoms with Gasteiger partial charge in [-0.15, -0.1) is 0 Å². The van der Waals surface area contributed by atoms with Crippen molar-refractivity contribution in [3.05, 3.63) is 29.3 Å². The van der Waals surface area contributed by atoms with E-state index in [0.717, 1.165) is 13.0 Å². The minimum atomic E-state index is 0.397. The van der Waals surface area contributed by atoms with Crippen LogP contribution in [-0.4, -0.2) is 35.7 Å². The predicted octanol–water partition coefficient (Wildman–Crippen LogP) is 2.06. The van der Waals surface area contributed by atoms with Gasteiger partial charge in [0, 0.05) is 25.2 Å². The number of hydrogen-bond donors (Lipinski definition) is 2. The Morgan fingerprint density at radius 2 is 2.33 bits per heavy atom. The second-order valence-electron chi connectivity index (χ2n) is 5.46. The molecule has 0 amide bonds. The number of aryl methyl sites for hydroxylation is 1. The van der Waals surface area contributed by atoms with Crippen LogP contribution >= 0.6 is 0 Å². The smallest absolute Gasteiger partial charge is 0.115 e. The van der Waals surface area contributed by atoms with Crippen LogP contribution in [0.15, 0.2) is 18.2 Å². The molecule has 1 aromatic rings. The zero-order valence-electron chi connectivity index (χ0n) is 11.0. The monoisotopic (exact) mass is 246 g/mol. The average molecular weight is 246 g/mol. The quantitative estimate of drug-likeness (QED) is 0.838. The van der Waals surface area contributed by atoms with E-state index >= 15 is 0 Å². The van der Waals surface area contributed by atoms with Gasteiger partial charge in [-0.1, -0.05) is 13.0 Å². The van der Waals surface area contributed by atoms with Gasteiger partial charge in [0.25, 0.3) is 0 Å². The fourth-order valence-corrected chi connectivity index (χ4v) is 3.52. The van der Waals surface area contributed by atoms with Crippen molar-refractivity contribution >= 4 is 0 Å². The predicted molar refractivity (Wildman–Crippen MR) is 72.8 cm³/mol. The first-order valence-electron chi connectivity index (χ1n) is 7.09. The van der Waals surface area contributed by atoms with Gasteiger partial charge in [0.2, 0.25) is 0 Å². The zero-order valence-corrected chi connectivity index (χ0v) is 11.0. The van der Waals surface area contributed by atoms with Gasteiger partial charge in [0.15, 0.2) is 0 Å². The van der Waals surface area contributed by atoms with E-state index in [2.05, 4.69) is 23.2 Å². The summed E-state index contributed by atoms with van der Waals surface area (Å²) in [4.78, 5) is 2.64. The van der Waals surface area contributed by atoms with Crippen molar-refractivity contribution in [2.24, 2.45) is 0 Å². The lowest BCUT2D eigenvalue weighted by Gasteiger charge is -2.45. The van der Waals surface area contributed by atoms with Crippen LogP contribution in [0, 0.1) is 0 Å². The Bertz CT molecular complexity index is 431. The van der Waals surface area contributed by atoms with Gasteiger partial charge in [-0.2, -0.15) is 0 Å². The molecule has 98 valence electrons. The summed E-state index contributed by atoms with van der Waals surface area (Å²) in [5.74, 6) is 0.397. The number of hydrogen-bond acceptors (Lipinski definition) is 3. The Morgan fingerprint density at radius 3 is 3.17 bits per heavy atom. The molecule has 2 atom stereocenters. The number of rotatable bonds is 2. The molecule has 1 saturated heterocycles. The molecule has 0 saturated carbocycles. The van der Waals surface area contributed by atoms with Crippen LogP contribution in [0.4, 0.5) is 0 Å². The number of phenolic OH excluding ortho intramolecular Hbond substituents is 1. The van der Waals surface area contributed by atoms with Gasteiger partial charge in [-0.25, -0.2) is 0 Å². The van der Waals surface area contributed by atoms with Crippen molar-refractivity contribution in [2.75, 3.05) is 19.6 Å². The largest absolute Gasteiger partial charge is 0.508 e. The van der Waals surface area contributed by atoms with E-state index in [4.69, 9.17) is 0 Å². The Balaban J connectivity index is 1.89. The molecule has 0 spiro atoms. The first kappa shape index (κ1) is 12.0. The second kappa shape index (κ2) is 4.90. The minimum absolute atomic E-state index is 0.397. The first-order valence-corrected chi connectivity index (χ1v) is 7.09. The van der Waals surface area contributed by atoms with Crippen LogP contribution in [0.1, 0.15) is 36.9 Å². The molecular weight excluding hydrogens is 224 g/mol. The summed E-state index contributed by atoms with van der Waals surface area (Å²) in [7, 11) is 0. The summed E-state index contributed by atoms with van der Waals surface area (Å²) >= 11 is 0. The van der Waals surface area contributed by atoms with Gasteiger partial charge in [-0.05, 0) is 49.1 Å². The minimum Gasteiger partial charge on any atom is -0.508 e. The number of benzene rings is 1. The molecule has 3 nitrogen and oxygen atoms in total. The maximum atomic E-state index is 9.59. The van der Waals surface area contributed by atoms with E-state index in [1.54, 1.807) is 0 Å². The van der Waals surface area contributed by atoms with Crippen LogP contribution in [0.5, 0.6) is 5.75 Å². The van der Waals surface area contributed by atoms with Crippen molar-refractivity contribution in [1.82, 2.24) is 10.2 Å². The van der Waals surface area contributed by atoms with Crippen LogP contribution in [0.3, 0.4) is 0 Å². The van der Waals surface area contributed by atoms with Gasteiger partial charge < -0.3 is 10.4 Å². The third-order valence-corrected chi connectivity index (χ3v) is 4.30. The van der Waals surface area contributed by atoms with Crippen LogP contribution < -0.4 is 5.32 Å². The number of nitrogens with one attached hydrogen (secondary N) is 1.